The summed E-state index contributed by atoms with van der Waals surface area (Å²) in [6, 6.07) is 3.53. The van der Waals surface area contributed by atoms with Crippen LogP contribution in [-0.4, -0.2) is 40.6 Å². The van der Waals surface area contributed by atoms with Crippen LogP contribution < -0.4 is 5.32 Å². The van der Waals surface area contributed by atoms with Gasteiger partial charge in [-0.15, -0.1) is 0 Å². The average Bonchev–Trinajstić information content (AvgIpc) is 3.32. The van der Waals surface area contributed by atoms with Gasteiger partial charge in [0.05, 0.1) is 6.42 Å². The summed E-state index contributed by atoms with van der Waals surface area (Å²) in [5.74, 6) is 1.05. The van der Waals surface area contributed by atoms with Gasteiger partial charge in [0, 0.05) is 25.2 Å². The molecule has 45 heavy (non-hydrogen) atoms. The number of ether oxygens (including phenoxy) is 2. The van der Waals surface area contributed by atoms with Crippen molar-refractivity contribution in [1.82, 2.24) is 10.3 Å². The van der Waals surface area contributed by atoms with Gasteiger partial charge < -0.3 is 14.8 Å². The highest BCUT2D eigenvalue weighted by atomic mass is 16.6. The Morgan fingerprint density at radius 2 is 1.78 bits per heavy atom. The molecule has 2 fully saturated rings. The molecule has 0 radical (unpaired) electrons. The number of carbonyl (C=O) groups excluding carboxylic acids is 3. The highest BCUT2D eigenvalue weighted by Crippen LogP contribution is 2.66. The van der Waals surface area contributed by atoms with E-state index < -0.39 is 17.6 Å². The molecule has 1 aromatic heterocycles. The molecule has 7 heteroatoms. The van der Waals surface area contributed by atoms with Gasteiger partial charge in [-0.05, 0) is 117 Å². The summed E-state index contributed by atoms with van der Waals surface area (Å²) in [5.41, 5.74) is 3.94. The number of rotatable bonds is 9. The number of allylic oxidation sites excluding steroid dienone is 3. The van der Waals surface area contributed by atoms with Crippen molar-refractivity contribution >= 4 is 23.4 Å². The summed E-state index contributed by atoms with van der Waals surface area (Å²) in [6.45, 7) is 14.4. The predicted molar refractivity (Wildman–Crippen MR) is 176 cm³/mol. The molecule has 1 heterocycles. The maximum absolute atomic E-state index is 12.9. The Kier molecular flexibility index (Phi) is 9.68. The lowest BCUT2D eigenvalue weighted by Gasteiger charge is -2.57. The number of fused-ring (bicyclic) bond motifs is 5. The zero-order valence-corrected chi connectivity index (χ0v) is 28.5. The predicted octanol–water partition coefficient (Wildman–Crippen LogP) is 7.60. The fraction of sp³-hybridized carbons (Fsp3) is 0.684. The molecule has 246 valence electrons. The van der Waals surface area contributed by atoms with Gasteiger partial charge in [0.25, 0.3) is 0 Å². The number of nitrogens with one attached hydrogen (secondary N) is 1. The molecule has 5 rings (SSSR count). The summed E-state index contributed by atoms with van der Waals surface area (Å²) in [6.07, 6.45) is 16.5. The third-order valence-corrected chi connectivity index (χ3v) is 11.2. The Bertz CT molecular complexity index is 1330. The van der Waals surface area contributed by atoms with Crippen LogP contribution in [0, 0.1) is 34.5 Å². The summed E-state index contributed by atoms with van der Waals surface area (Å²) < 4.78 is 11.4. The number of nitrogens with zero attached hydrogens (tertiary/aromatic N) is 1. The Labute approximate surface area is 270 Å². The van der Waals surface area contributed by atoms with Crippen LogP contribution in [0.25, 0.3) is 5.57 Å². The minimum absolute atomic E-state index is 0.00139. The largest absolute Gasteiger partial charge is 0.462 e. The Balaban J connectivity index is 1.14. The van der Waals surface area contributed by atoms with Crippen LogP contribution in [0.4, 0.5) is 0 Å². The van der Waals surface area contributed by atoms with E-state index in [4.69, 9.17) is 9.47 Å². The number of aromatic nitrogens is 1. The number of hydrogen-bond donors (Lipinski definition) is 1. The van der Waals surface area contributed by atoms with E-state index in [1.165, 1.54) is 29.6 Å². The smallest absolute Gasteiger partial charge is 0.329 e. The molecule has 7 atom stereocenters. The van der Waals surface area contributed by atoms with Gasteiger partial charge in [-0.1, -0.05) is 51.5 Å². The third-order valence-electron chi connectivity index (χ3n) is 11.2. The molecule has 1 aromatic rings. The minimum atomic E-state index is -0.731. The second kappa shape index (κ2) is 13.0. The maximum atomic E-state index is 12.9. The first kappa shape index (κ1) is 33.4. The average molecular weight is 619 g/mol. The molecule has 1 amide bonds. The topological polar surface area (TPSA) is 94.6 Å². The van der Waals surface area contributed by atoms with Gasteiger partial charge in [-0.25, -0.2) is 4.79 Å². The molecular formula is C38H54N2O5. The number of pyridine rings is 1. The van der Waals surface area contributed by atoms with Crippen LogP contribution in [0.3, 0.4) is 0 Å². The third kappa shape index (κ3) is 7.23. The summed E-state index contributed by atoms with van der Waals surface area (Å²) in [7, 11) is 0. The maximum Gasteiger partial charge on any atom is 0.329 e. The van der Waals surface area contributed by atoms with Crippen molar-refractivity contribution in [3.05, 3.63) is 47.8 Å². The van der Waals surface area contributed by atoms with E-state index in [2.05, 4.69) is 42.4 Å². The quantitative estimate of drug-likeness (QED) is 0.226. The van der Waals surface area contributed by atoms with Gasteiger partial charge >= 0.3 is 11.9 Å². The first-order valence-corrected chi connectivity index (χ1v) is 17.2. The van der Waals surface area contributed by atoms with Gasteiger partial charge in [0.1, 0.15) is 17.7 Å². The van der Waals surface area contributed by atoms with Crippen LogP contribution in [0.15, 0.2) is 42.3 Å². The summed E-state index contributed by atoms with van der Waals surface area (Å²) in [4.78, 5) is 42.6. The lowest BCUT2D eigenvalue weighted by Crippen LogP contribution is -2.50. The molecule has 4 aliphatic carbocycles. The first-order valence-electron chi connectivity index (χ1n) is 17.2. The van der Waals surface area contributed by atoms with Crippen LogP contribution in [0.2, 0.25) is 0 Å². The zero-order valence-electron chi connectivity index (χ0n) is 28.5. The molecule has 2 unspecified atom stereocenters. The van der Waals surface area contributed by atoms with E-state index in [9.17, 15) is 14.4 Å². The standard InChI is InChI=1S/C38H54N2O5/c1-24(2)21-32(35(43)45-36(3,4)5)40-33(41)14-15-34(42)44-27-16-18-37(6)26(22-27)10-11-28-30-13-12-29(25-9-8-20-39-23-25)38(30,7)19-17-31(28)37/h8-10,12,20,23-24,27-28,30-32H,11,13-19,21-22H2,1-7H3,(H,40,41)/t27-,28-,30?,31?,32+,37-,38+/m0/s1. The Hall–Kier alpha value is -2.96. The van der Waals surface area contributed by atoms with E-state index in [0.717, 1.165) is 32.1 Å². The number of esters is 2. The Morgan fingerprint density at radius 3 is 2.47 bits per heavy atom. The van der Waals surface area contributed by atoms with Gasteiger partial charge in [0.15, 0.2) is 0 Å². The van der Waals surface area contributed by atoms with Crippen LogP contribution in [0.1, 0.15) is 118 Å². The van der Waals surface area contributed by atoms with Crippen molar-refractivity contribution in [2.45, 2.75) is 130 Å². The summed E-state index contributed by atoms with van der Waals surface area (Å²) in [5, 5.41) is 2.79. The number of amides is 1. The monoisotopic (exact) mass is 618 g/mol. The van der Waals surface area contributed by atoms with Crippen molar-refractivity contribution in [1.29, 1.82) is 0 Å². The van der Waals surface area contributed by atoms with Crippen LogP contribution >= 0.6 is 0 Å². The molecule has 0 spiro atoms. The minimum Gasteiger partial charge on any atom is -0.462 e. The second-order valence-corrected chi connectivity index (χ2v) is 15.9. The van der Waals surface area contributed by atoms with Gasteiger partial charge in [-0.3, -0.25) is 14.6 Å². The normalized spacial score (nSPS) is 31.5. The van der Waals surface area contributed by atoms with E-state index in [0.29, 0.717) is 24.2 Å². The van der Waals surface area contributed by atoms with Crippen LogP contribution in [0.5, 0.6) is 0 Å². The molecule has 1 N–H and O–H groups in total. The molecule has 0 aromatic carbocycles. The van der Waals surface area contributed by atoms with E-state index in [1.807, 2.05) is 53.1 Å². The fourth-order valence-corrected chi connectivity index (χ4v) is 9.05. The van der Waals surface area contributed by atoms with Crippen molar-refractivity contribution in [3.63, 3.8) is 0 Å². The number of carbonyl (C=O) groups is 3. The van der Waals surface area contributed by atoms with Crippen molar-refractivity contribution in [2.75, 3.05) is 0 Å². The van der Waals surface area contributed by atoms with E-state index >= 15 is 0 Å². The zero-order chi connectivity index (χ0) is 32.6. The first-order chi connectivity index (χ1) is 21.2. The van der Waals surface area contributed by atoms with Gasteiger partial charge in [0.2, 0.25) is 5.91 Å². The number of hydrogen-bond acceptors (Lipinski definition) is 6. The van der Waals surface area contributed by atoms with Crippen molar-refractivity contribution in [3.8, 4) is 0 Å². The van der Waals surface area contributed by atoms with E-state index in [1.54, 1.807) is 0 Å². The highest BCUT2D eigenvalue weighted by Gasteiger charge is 2.57. The highest BCUT2D eigenvalue weighted by molar-refractivity contribution is 5.86. The molecule has 4 aliphatic rings. The molecule has 0 bridgehead atoms. The summed E-state index contributed by atoms with van der Waals surface area (Å²) >= 11 is 0. The molecular weight excluding hydrogens is 564 g/mol. The molecule has 0 saturated heterocycles. The SMILES string of the molecule is CC(C)C[C@@H](NC(=O)CCC(=O)O[C@H]1CC[C@@]2(C)C(=CC[C@@H]3C2CC[C@]2(C)C(c4cccnc4)=CCC32)C1)C(=O)OC(C)(C)C. The lowest BCUT2D eigenvalue weighted by molar-refractivity contribution is -0.159. The second-order valence-electron chi connectivity index (χ2n) is 15.9. The van der Waals surface area contributed by atoms with Crippen LogP contribution in [-0.2, 0) is 23.9 Å². The Morgan fingerprint density at radius 1 is 1.02 bits per heavy atom. The molecule has 0 aliphatic heterocycles. The molecule has 7 nitrogen and oxygen atoms in total. The van der Waals surface area contributed by atoms with Gasteiger partial charge in [-0.2, -0.15) is 0 Å². The lowest BCUT2D eigenvalue weighted by atomic mass is 9.47. The van der Waals surface area contributed by atoms with Crippen molar-refractivity contribution in [2.24, 2.45) is 34.5 Å². The van der Waals surface area contributed by atoms with E-state index in [-0.39, 0.29) is 47.6 Å². The fourth-order valence-electron chi connectivity index (χ4n) is 9.05. The molecule has 2 saturated carbocycles. The van der Waals surface area contributed by atoms with Crippen molar-refractivity contribution < 1.29 is 23.9 Å².